The minimum atomic E-state index is -5.28. The first-order chi connectivity index (χ1) is 12.6. The molecule has 1 unspecified atom stereocenters. The summed E-state index contributed by atoms with van der Waals surface area (Å²) >= 11 is 11.9. The molecule has 0 radical (unpaired) electrons. The third-order valence-corrected chi connectivity index (χ3v) is 4.19. The topological polar surface area (TPSA) is 54.3 Å². The Bertz CT molecular complexity index is 940. The van der Waals surface area contributed by atoms with Gasteiger partial charge in [-0.05, 0) is 18.2 Å². The van der Waals surface area contributed by atoms with Gasteiger partial charge in [-0.3, -0.25) is 4.90 Å². The fourth-order valence-electron chi connectivity index (χ4n) is 2.49. The van der Waals surface area contributed by atoms with E-state index in [0.717, 1.165) is 30.4 Å². The predicted molar refractivity (Wildman–Crippen MR) is 90.9 cm³/mol. The van der Waals surface area contributed by atoms with Crippen LogP contribution in [0.3, 0.4) is 0 Å². The molecule has 0 amide bonds. The molecule has 142 valence electrons. The van der Waals surface area contributed by atoms with E-state index in [4.69, 9.17) is 23.2 Å². The molecule has 2 aliphatic rings. The van der Waals surface area contributed by atoms with Gasteiger partial charge in [0.2, 0.25) is 0 Å². The average Bonchev–Trinajstić information content (AvgIpc) is 2.60. The van der Waals surface area contributed by atoms with Gasteiger partial charge in [-0.25, -0.2) is 19.2 Å². The molecule has 1 aromatic rings. The van der Waals surface area contributed by atoms with E-state index >= 15 is 0 Å². The summed E-state index contributed by atoms with van der Waals surface area (Å²) in [6.07, 6.45) is -2.98. The zero-order valence-corrected chi connectivity index (χ0v) is 14.9. The molecule has 3 rings (SSSR count). The molecule has 5 nitrogen and oxygen atoms in total. The number of methoxy groups -OCH3 is 1. The highest BCUT2D eigenvalue weighted by atomic mass is 35.5. The largest absolute Gasteiger partial charge is 0.465 e. The maximum Gasteiger partial charge on any atom is 0.445 e. The van der Waals surface area contributed by atoms with Crippen molar-refractivity contribution in [1.82, 2.24) is 4.90 Å². The molecule has 0 fully saturated rings. The van der Waals surface area contributed by atoms with E-state index in [9.17, 15) is 22.4 Å². The summed E-state index contributed by atoms with van der Waals surface area (Å²) in [5, 5.41) is -0.246. The van der Waals surface area contributed by atoms with Crippen LogP contribution < -0.4 is 0 Å². The Labute approximate surface area is 160 Å². The van der Waals surface area contributed by atoms with Crippen LogP contribution in [0.25, 0.3) is 0 Å². The highest BCUT2D eigenvalue weighted by Gasteiger charge is 2.65. The van der Waals surface area contributed by atoms with Crippen LogP contribution in [-0.2, 0) is 9.53 Å². The molecule has 0 saturated carbocycles. The number of nitrogens with zero attached hydrogens (tertiary/aromatic N) is 3. The number of aliphatic imine (C=N–C) groups is 2. The van der Waals surface area contributed by atoms with Gasteiger partial charge in [0.05, 0.1) is 22.7 Å². The first kappa shape index (κ1) is 19.4. The summed E-state index contributed by atoms with van der Waals surface area (Å²) in [4.78, 5) is 19.9. The number of amidine groups is 2. The summed E-state index contributed by atoms with van der Waals surface area (Å²) in [7, 11) is 0.760. The van der Waals surface area contributed by atoms with E-state index in [1.807, 2.05) is 0 Å². The number of fused-ring (bicyclic) bond motifs is 1. The van der Waals surface area contributed by atoms with Gasteiger partial charge in [0.15, 0.2) is 5.84 Å². The molecule has 1 atom stereocenters. The predicted octanol–water partition coefficient (Wildman–Crippen LogP) is 3.93. The number of carbonyl (C=O) groups excluding carboxylic acids is 1. The molecule has 0 saturated heterocycles. The summed E-state index contributed by atoms with van der Waals surface area (Å²) in [6, 6.07) is 4.97. The van der Waals surface area contributed by atoms with Gasteiger partial charge in [0.1, 0.15) is 11.7 Å². The minimum Gasteiger partial charge on any atom is -0.465 e. The molecule has 2 aliphatic heterocycles. The summed E-state index contributed by atoms with van der Waals surface area (Å²) in [5.41, 5.74) is -3.95. The van der Waals surface area contributed by atoms with Gasteiger partial charge in [-0.2, -0.15) is 13.2 Å². The number of allylic oxidation sites excluding steroid dienone is 2. The van der Waals surface area contributed by atoms with Gasteiger partial charge in [0.25, 0.3) is 0 Å². The van der Waals surface area contributed by atoms with E-state index < -0.39 is 35.3 Å². The van der Waals surface area contributed by atoms with Crippen molar-refractivity contribution >= 4 is 40.8 Å². The number of hydrogen-bond donors (Lipinski definition) is 0. The van der Waals surface area contributed by atoms with E-state index in [2.05, 4.69) is 14.7 Å². The third-order valence-electron chi connectivity index (χ3n) is 3.70. The Kier molecular flexibility index (Phi) is 4.77. The van der Waals surface area contributed by atoms with E-state index in [0.29, 0.717) is 0 Å². The molecular weight excluding hydrogens is 413 g/mol. The second kappa shape index (κ2) is 6.65. The quantitative estimate of drug-likeness (QED) is 0.536. The molecule has 0 aliphatic carbocycles. The lowest BCUT2D eigenvalue weighted by Crippen LogP contribution is -2.56. The van der Waals surface area contributed by atoms with Crippen LogP contribution in [0.2, 0.25) is 0 Å². The van der Waals surface area contributed by atoms with Crippen LogP contribution in [0, 0.1) is 5.82 Å². The van der Waals surface area contributed by atoms with Crippen molar-refractivity contribution in [3.63, 3.8) is 0 Å². The van der Waals surface area contributed by atoms with Gasteiger partial charge in [0, 0.05) is 6.20 Å². The lowest BCUT2D eigenvalue weighted by atomic mass is 10.1. The van der Waals surface area contributed by atoms with Crippen molar-refractivity contribution in [1.29, 1.82) is 0 Å². The highest BCUT2D eigenvalue weighted by molar-refractivity contribution is 6.47. The van der Waals surface area contributed by atoms with Crippen molar-refractivity contribution in [2.24, 2.45) is 9.98 Å². The summed E-state index contributed by atoms with van der Waals surface area (Å²) in [5.74, 6) is -3.68. The normalized spacial score (nSPS) is 22.3. The van der Waals surface area contributed by atoms with Crippen LogP contribution in [0.1, 0.15) is 5.56 Å². The number of esters is 1. The van der Waals surface area contributed by atoms with Gasteiger partial charge >= 0.3 is 17.8 Å². The summed E-state index contributed by atoms with van der Waals surface area (Å²) in [6.45, 7) is 0. The van der Waals surface area contributed by atoms with Crippen molar-refractivity contribution in [2.45, 2.75) is 11.8 Å². The van der Waals surface area contributed by atoms with Crippen LogP contribution in [0.4, 0.5) is 17.6 Å². The number of alkyl halides is 3. The molecule has 2 heterocycles. The highest BCUT2D eigenvalue weighted by Crippen LogP contribution is 2.41. The lowest BCUT2D eigenvalue weighted by Gasteiger charge is -2.36. The van der Waals surface area contributed by atoms with E-state index in [-0.39, 0.29) is 15.6 Å². The fraction of sp³-hybridized carbons (Fsp3) is 0.188. The second-order valence-corrected chi connectivity index (χ2v) is 6.23. The Hall–Kier alpha value is -2.39. The molecule has 27 heavy (non-hydrogen) atoms. The Morgan fingerprint density at radius 2 is 1.81 bits per heavy atom. The van der Waals surface area contributed by atoms with E-state index in [1.54, 1.807) is 0 Å². The van der Waals surface area contributed by atoms with Crippen LogP contribution >= 0.6 is 23.2 Å². The van der Waals surface area contributed by atoms with Crippen LogP contribution in [0.5, 0.6) is 0 Å². The first-order valence-electron chi connectivity index (χ1n) is 7.24. The van der Waals surface area contributed by atoms with Crippen molar-refractivity contribution in [3.8, 4) is 0 Å². The molecule has 1 aromatic carbocycles. The number of benzene rings is 1. The zero-order valence-electron chi connectivity index (χ0n) is 13.4. The van der Waals surface area contributed by atoms with Crippen molar-refractivity contribution in [3.05, 3.63) is 58.0 Å². The maximum atomic E-state index is 14.3. The molecular formula is C16H9Cl2F4N3O2. The summed E-state index contributed by atoms with van der Waals surface area (Å²) < 4.78 is 60.2. The monoisotopic (exact) mass is 421 g/mol. The number of ether oxygens (including phenoxy) is 1. The number of hydrogen-bond acceptors (Lipinski definition) is 5. The van der Waals surface area contributed by atoms with Crippen molar-refractivity contribution in [2.75, 3.05) is 7.11 Å². The molecule has 0 bridgehead atoms. The van der Waals surface area contributed by atoms with Crippen LogP contribution in [-0.4, -0.2) is 41.5 Å². The standard InChI is InChI=1S/C16H9Cl2F4N3O2/c1-27-14(26)15(16(20,21)22)23-12(9-4-2-3-5-11(9)19)25-7-8(17)6-10(18)13(25)24-15/h2-7H,1H3. The second-order valence-electron chi connectivity index (χ2n) is 5.39. The molecule has 11 heteroatoms. The average molecular weight is 422 g/mol. The number of carbonyl (C=O) groups is 1. The maximum absolute atomic E-state index is 14.3. The van der Waals surface area contributed by atoms with E-state index in [1.165, 1.54) is 18.2 Å². The molecule has 0 aromatic heterocycles. The number of halogens is 6. The third kappa shape index (κ3) is 3.10. The molecule has 0 spiro atoms. The van der Waals surface area contributed by atoms with Gasteiger partial charge in [-0.1, -0.05) is 35.3 Å². The van der Waals surface area contributed by atoms with Gasteiger partial charge < -0.3 is 4.74 Å². The Morgan fingerprint density at radius 1 is 1.19 bits per heavy atom. The molecule has 0 N–H and O–H groups in total. The van der Waals surface area contributed by atoms with Crippen LogP contribution in [0.15, 0.2) is 56.6 Å². The Balaban J connectivity index is 2.36. The van der Waals surface area contributed by atoms with Gasteiger partial charge in [-0.15, -0.1) is 0 Å². The number of rotatable bonds is 2. The van der Waals surface area contributed by atoms with Crippen molar-refractivity contribution < 1.29 is 27.1 Å². The first-order valence-corrected chi connectivity index (χ1v) is 8.00. The zero-order chi connectivity index (χ0) is 20.0. The lowest BCUT2D eigenvalue weighted by molar-refractivity contribution is -0.202. The fourth-order valence-corrected chi connectivity index (χ4v) is 3.00. The SMILES string of the molecule is COC(=O)C1(C(F)(F)F)N=C2C(Cl)=CC(Cl)=CN2C(c2ccccc2F)=N1. The smallest absolute Gasteiger partial charge is 0.445 e. The Morgan fingerprint density at radius 3 is 2.41 bits per heavy atom. The minimum absolute atomic E-state index is 0.0422.